The van der Waals surface area contributed by atoms with Crippen LogP contribution in [0.25, 0.3) is 22.2 Å². The van der Waals surface area contributed by atoms with Gasteiger partial charge in [-0.05, 0) is 56.4 Å². The lowest BCUT2D eigenvalue weighted by atomic mass is 9.92. The van der Waals surface area contributed by atoms with Crippen LogP contribution in [0, 0.1) is 5.92 Å². The summed E-state index contributed by atoms with van der Waals surface area (Å²) in [6.07, 6.45) is 4.91. The number of fused-ring (bicyclic) bond motifs is 1. The van der Waals surface area contributed by atoms with E-state index in [0.717, 1.165) is 65.9 Å². The first-order valence-electron chi connectivity index (χ1n) is 13.2. The maximum absolute atomic E-state index is 12.3. The smallest absolute Gasteiger partial charge is 0.411 e. The lowest BCUT2D eigenvalue weighted by Gasteiger charge is -2.30. The number of hydrogen-bond donors (Lipinski definition) is 2. The zero-order valence-electron chi connectivity index (χ0n) is 21.5. The van der Waals surface area contributed by atoms with E-state index >= 15 is 0 Å². The first-order valence-corrected chi connectivity index (χ1v) is 13.2. The monoisotopic (exact) mass is 491 g/mol. The number of ether oxygens (including phenoxy) is 3. The van der Waals surface area contributed by atoms with Crippen LogP contribution in [0.1, 0.15) is 58.9 Å². The van der Waals surface area contributed by atoms with E-state index in [0.29, 0.717) is 24.3 Å². The highest BCUT2D eigenvalue weighted by atomic mass is 16.6. The molecule has 0 radical (unpaired) electrons. The van der Waals surface area contributed by atoms with E-state index in [1.807, 2.05) is 37.3 Å². The number of nitrogen functional groups attached to an aromatic ring is 1. The van der Waals surface area contributed by atoms with E-state index in [9.17, 15) is 4.79 Å². The van der Waals surface area contributed by atoms with Crippen molar-refractivity contribution in [2.24, 2.45) is 5.92 Å². The lowest BCUT2D eigenvalue weighted by Crippen LogP contribution is -2.25. The number of anilines is 2. The first kappa shape index (κ1) is 24.5. The van der Waals surface area contributed by atoms with Crippen molar-refractivity contribution >= 4 is 28.4 Å². The van der Waals surface area contributed by atoms with Gasteiger partial charge in [0.15, 0.2) is 0 Å². The number of nitrogens with two attached hydrogens (primary N) is 1. The highest BCUT2D eigenvalue weighted by Crippen LogP contribution is 2.45. The van der Waals surface area contributed by atoms with Gasteiger partial charge in [0, 0.05) is 35.2 Å². The molecule has 2 aromatic carbocycles. The molecular formula is C29H37N3O4. The van der Waals surface area contributed by atoms with Crippen LogP contribution in [-0.2, 0) is 9.47 Å². The van der Waals surface area contributed by atoms with Gasteiger partial charge in [-0.3, -0.25) is 5.32 Å². The van der Waals surface area contributed by atoms with Crippen LogP contribution in [0.5, 0.6) is 5.75 Å². The van der Waals surface area contributed by atoms with Crippen LogP contribution < -0.4 is 15.8 Å². The second kappa shape index (κ2) is 10.4. The van der Waals surface area contributed by atoms with E-state index in [4.69, 9.17) is 19.9 Å². The van der Waals surface area contributed by atoms with Gasteiger partial charge >= 0.3 is 6.09 Å². The maximum atomic E-state index is 12.3. The Balaban J connectivity index is 1.41. The average Bonchev–Trinajstić information content (AvgIpc) is 3.44. The summed E-state index contributed by atoms with van der Waals surface area (Å²) >= 11 is 0. The average molecular weight is 492 g/mol. The number of benzene rings is 2. The normalized spacial score (nSPS) is 19.6. The van der Waals surface area contributed by atoms with Crippen molar-refractivity contribution in [3.63, 3.8) is 0 Å². The van der Waals surface area contributed by atoms with E-state index in [1.54, 1.807) is 0 Å². The van der Waals surface area contributed by atoms with Crippen LogP contribution in [0.4, 0.5) is 16.2 Å². The number of nitrogens with one attached hydrogen (secondary N) is 1. The molecule has 1 aliphatic carbocycles. The molecule has 1 saturated heterocycles. The summed E-state index contributed by atoms with van der Waals surface area (Å²) in [5.41, 5.74) is 11.4. The number of rotatable bonds is 8. The van der Waals surface area contributed by atoms with Crippen molar-refractivity contribution in [3.8, 4) is 17.0 Å². The minimum Gasteiger partial charge on any atom is -0.488 e. The summed E-state index contributed by atoms with van der Waals surface area (Å²) in [5.74, 6) is 1.17. The van der Waals surface area contributed by atoms with Crippen LogP contribution >= 0.6 is 0 Å². The van der Waals surface area contributed by atoms with Crippen molar-refractivity contribution in [2.45, 2.75) is 71.1 Å². The maximum Gasteiger partial charge on any atom is 0.411 e. The van der Waals surface area contributed by atoms with Gasteiger partial charge in [-0.15, -0.1) is 0 Å². The van der Waals surface area contributed by atoms with Crippen LogP contribution in [0.2, 0.25) is 0 Å². The molecule has 36 heavy (non-hydrogen) atoms. The number of hydrogen-bond acceptors (Lipinski definition) is 5. The van der Waals surface area contributed by atoms with Crippen LogP contribution in [-0.4, -0.2) is 36.1 Å². The van der Waals surface area contributed by atoms with Crippen molar-refractivity contribution in [3.05, 3.63) is 42.5 Å². The van der Waals surface area contributed by atoms with E-state index < -0.39 is 6.09 Å². The van der Waals surface area contributed by atoms with E-state index in [2.05, 4.69) is 35.9 Å². The van der Waals surface area contributed by atoms with Crippen LogP contribution in [0.15, 0.2) is 42.5 Å². The van der Waals surface area contributed by atoms with Crippen molar-refractivity contribution in [1.29, 1.82) is 0 Å². The fraction of sp³-hybridized carbons (Fsp3) is 0.483. The predicted octanol–water partition coefficient (Wildman–Crippen LogP) is 6.77. The van der Waals surface area contributed by atoms with Gasteiger partial charge in [-0.25, -0.2) is 4.79 Å². The van der Waals surface area contributed by atoms with Gasteiger partial charge in [-0.2, -0.15) is 0 Å². The lowest BCUT2D eigenvalue weighted by molar-refractivity contribution is 0.0877. The molecule has 2 aliphatic rings. The first-order chi connectivity index (χ1) is 17.4. The molecule has 7 heteroatoms. The molecule has 3 atom stereocenters. The Bertz CT molecular complexity index is 1210. The van der Waals surface area contributed by atoms with Gasteiger partial charge in [-0.1, -0.05) is 32.4 Å². The van der Waals surface area contributed by atoms with Gasteiger partial charge in [0.05, 0.1) is 30.1 Å². The Labute approximate surface area is 212 Å². The molecule has 3 unspecified atom stereocenters. The number of amides is 1. The Hall–Kier alpha value is -3.19. The zero-order chi connectivity index (χ0) is 25.2. The zero-order valence-corrected chi connectivity index (χ0v) is 21.5. The summed E-state index contributed by atoms with van der Waals surface area (Å²) in [6.45, 7) is 7.49. The second-order valence-corrected chi connectivity index (χ2v) is 10.2. The predicted molar refractivity (Wildman–Crippen MR) is 144 cm³/mol. The number of aromatic nitrogens is 1. The quantitative estimate of drug-likeness (QED) is 0.363. The molecule has 1 amide bonds. The highest BCUT2D eigenvalue weighted by molar-refractivity contribution is 6.01. The van der Waals surface area contributed by atoms with Gasteiger partial charge in [0.2, 0.25) is 0 Å². The summed E-state index contributed by atoms with van der Waals surface area (Å²) < 4.78 is 19.6. The Morgan fingerprint density at radius 3 is 2.58 bits per heavy atom. The van der Waals surface area contributed by atoms with Gasteiger partial charge in [0.25, 0.3) is 0 Å². The summed E-state index contributed by atoms with van der Waals surface area (Å²) in [4.78, 5) is 12.3. The molecule has 3 aromatic rings. The van der Waals surface area contributed by atoms with E-state index in [1.165, 1.54) is 6.42 Å². The molecule has 1 aliphatic heterocycles. The topological polar surface area (TPSA) is 87.7 Å². The van der Waals surface area contributed by atoms with Crippen LogP contribution in [0.3, 0.4) is 0 Å². The number of carbonyl (C=O) groups excluding carboxylic acids is 1. The molecule has 5 rings (SSSR count). The van der Waals surface area contributed by atoms with Crippen molar-refractivity contribution < 1.29 is 19.0 Å². The minimum atomic E-state index is -0.432. The third-order valence-corrected chi connectivity index (χ3v) is 7.79. The molecular weight excluding hydrogens is 454 g/mol. The molecule has 2 heterocycles. The third-order valence-electron chi connectivity index (χ3n) is 7.79. The molecule has 7 nitrogen and oxygen atoms in total. The highest BCUT2D eigenvalue weighted by Gasteiger charge is 2.27. The molecule has 3 N–H and O–H groups in total. The molecule has 1 saturated carbocycles. The van der Waals surface area contributed by atoms with Crippen molar-refractivity contribution in [1.82, 2.24) is 4.57 Å². The summed E-state index contributed by atoms with van der Waals surface area (Å²) in [6, 6.07) is 14.4. The second-order valence-electron chi connectivity index (χ2n) is 10.2. The summed E-state index contributed by atoms with van der Waals surface area (Å²) in [5, 5.41) is 3.89. The molecule has 1 aromatic heterocycles. The molecule has 192 valence electrons. The van der Waals surface area contributed by atoms with Crippen molar-refractivity contribution in [2.75, 3.05) is 24.3 Å². The Morgan fingerprint density at radius 1 is 1.17 bits per heavy atom. The fourth-order valence-electron chi connectivity index (χ4n) is 4.98. The molecule has 2 fully saturated rings. The largest absolute Gasteiger partial charge is 0.488 e. The molecule has 0 spiro atoms. The number of carbonyl (C=O) groups is 1. The third kappa shape index (κ3) is 4.89. The van der Waals surface area contributed by atoms with Gasteiger partial charge in [0.1, 0.15) is 18.0 Å². The SMILES string of the molecule is CCC(C)C(C)OC(=O)Nc1ccc(-c2c(N)c3ccc(OC4CCOC4)cc3n2C2CCC2)cc1. The Kier molecular flexibility index (Phi) is 7.10. The minimum absolute atomic E-state index is 0.103. The van der Waals surface area contributed by atoms with E-state index in [-0.39, 0.29) is 12.2 Å². The fourth-order valence-corrected chi connectivity index (χ4v) is 4.98. The van der Waals surface area contributed by atoms with Gasteiger partial charge < -0.3 is 24.5 Å². The standard InChI is InChI=1S/C29H37N3O4/c1-4-18(2)19(3)35-29(33)31-21-10-8-20(9-11-21)28-27(30)25-13-12-23(36-24-14-15-34-17-24)16-26(25)32(28)22-6-5-7-22/h8-13,16,18-19,22,24H,4-7,14-15,17,30H2,1-3H3,(H,31,33). The molecule has 0 bridgehead atoms. The summed E-state index contributed by atoms with van der Waals surface area (Å²) in [7, 11) is 0. The number of nitrogens with zero attached hydrogens (tertiary/aromatic N) is 1. The Morgan fingerprint density at radius 2 is 1.94 bits per heavy atom.